The van der Waals surface area contributed by atoms with E-state index < -0.39 is 12.0 Å². The number of nitrogens with zero attached hydrogens (tertiary/aromatic N) is 2. The van der Waals surface area contributed by atoms with E-state index in [0.717, 1.165) is 5.56 Å². The largest absolute Gasteiger partial charge is 0.489 e. The summed E-state index contributed by atoms with van der Waals surface area (Å²) < 4.78 is 23.0. The number of para-hydroxylation sites is 1. The lowest BCUT2D eigenvalue weighted by Gasteiger charge is -2.14. The standard InChI is InChI=1S/C29H26FN3O3/c1-19(31)25-7-5-8-26(29(25)30)23-15-20(10-11-24-12-13-33(2)32-24)14-21(16-23)18-36-27-9-4-3-6-22(27)17-28(34)35/h3-9,12-16,19H,17-18,31H2,1-2H3,(H,34,35)/t19-/m1/s1. The first-order valence-electron chi connectivity index (χ1n) is 11.4. The molecule has 6 nitrogen and oxygen atoms in total. The van der Waals surface area contributed by atoms with Crippen LogP contribution in [0.1, 0.15) is 40.9 Å². The van der Waals surface area contributed by atoms with Crippen molar-refractivity contribution in [3.63, 3.8) is 0 Å². The Morgan fingerprint density at radius 1 is 1.14 bits per heavy atom. The molecule has 7 heteroatoms. The van der Waals surface area contributed by atoms with Crippen LogP contribution in [0.5, 0.6) is 5.75 Å². The number of aryl methyl sites for hydroxylation is 1. The van der Waals surface area contributed by atoms with Crippen molar-refractivity contribution in [1.29, 1.82) is 0 Å². The van der Waals surface area contributed by atoms with E-state index >= 15 is 4.39 Å². The van der Waals surface area contributed by atoms with Crippen molar-refractivity contribution < 1.29 is 19.0 Å². The fourth-order valence-electron chi connectivity index (χ4n) is 3.86. The molecule has 0 unspecified atom stereocenters. The lowest BCUT2D eigenvalue weighted by molar-refractivity contribution is -0.136. The predicted octanol–water partition coefficient (Wildman–Crippen LogP) is 4.85. The molecule has 3 aromatic carbocycles. The van der Waals surface area contributed by atoms with Crippen molar-refractivity contribution in [3.8, 4) is 28.7 Å². The van der Waals surface area contributed by atoms with Crippen LogP contribution in [-0.2, 0) is 24.9 Å². The Hall–Kier alpha value is -4.41. The molecule has 0 fully saturated rings. The third-order valence-electron chi connectivity index (χ3n) is 5.58. The van der Waals surface area contributed by atoms with Crippen molar-refractivity contribution in [3.05, 3.63) is 107 Å². The van der Waals surface area contributed by atoms with Crippen LogP contribution in [0.25, 0.3) is 11.1 Å². The monoisotopic (exact) mass is 483 g/mol. The second-order valence-corrected chi connectivity index (χ2v) is 8.51. The zero-order valence-corrected chi connectivity index (χ0v) is 20.0. The first-order chi connectivity index (χ1) is 17.3. The average molecular weight is 484 g/mol. The highest BCUT2D eigenvalue weighted by Gasteiger charge is 2.14. The molecule has 3 N–H and O–H groups in total. The molecule has 0 saturated heterocycles. The number of rotatable bonds is 7. The van der Waals surface area contributed by atoms with Crippen molar-refractivity contribution in [2.45, 2.75) is 26.0 Å². The van der Waals surface area contributed by atoms with Crippen LogP contribution < -0.4 is 10.5 Å². The quantitative estimate of drug-likeness (QED) is 0.367. The van der Waals surface area contributed by atoms with Gasteiger partial charge in [-0.3, -0.25) is 9.48 Å². The Morgan fingerprint density at radius 3 is 2.67 bits per heavy atom. The fraction of sp³-hybridized carbons (Fsp3) is 0.172. The van der Waals surface area contributed by atoms with E-state index in [1.165, 1.54) is 0 Å². The molecular formula is C29H26FN3O3. The number of benzene rings is 3. The number of aliphatic carboxylic acids is 1. The van der Waals surface area contributed by atoms with Gasteiger partial charge >= 0.3 is 5.97 Å². The highest BCUT2D eigenvalue weighted by molar-refractivity contribution is 5.71. The van der Waals surface area contributed by atoms with Crippen molar-refractivity contribution >= 4 is 5.97 Å². The van der Waals surface area contributed by atoms with Crippen LogP contribution in [-0.4, -0.2) is 20.9 Å². The number of hydrogen-bond donors (Lipinski definition) is 2. The zero-order chi connectivity index (χ0) is 25.7. The third-order valence-corrected chi connectivity index (χ3v) is 5.58. The van der Waals surface area contributed by atoms with E-state index in [1.54, 1.807) is 54.1 Å². The minimum absolute atomic E-state index is 0.147. The predicted molar refractivity (Wildman–Crippen MR) is 136 cm³/mol. The number of hydrogen-bond acceptors (Lipinski definition) is 4. The van der Waals surface area contributed by atoms with Gasteiger partial charge in [-0.05, 0) is 54.3 Å². The first kappa shape index (κ1) is 24.7. The Balaban J connectivity index is 1.72. The number of ether oxygens (including phenoxy) is 1. The minimum atomic E-state index is -0.940. The Labute approximate surface area is 209 Å². The molecule has 0 radical (unpaired) electrons. The lowest BCUT2D eigenvalue weighted by Crippen LogP contribution is -2.08. The van der Waals surface area contributed by atoms with Crippen molar-refractivity contribution in [2.75, 3.05) is 0 Å². The van der Waals surface area contributed by atoms with Crippen LogP contribution in [0, 0.1) is 17.7 Å². The number of carbonyl (C=O) groups is 1. The van der Waals surface area contributed by atoms with Crippen LogP contribution in [0.3, 0.4) is 0 Å². The van der Waals surface area contributed by atoms with Gasteiger partial charge in [-0.1, -0.05) is 42.3 Å². The van der Waals surface area contributed by atoms with Gasteiger partial charge in [0.05, 0.1) is 6.42 Å². The molecule has 0 bridgehead atoms. The van der Waals surface area contributed by atoms with E-state index in [-0.39, 0.29) is 18.8 Å². The van der Waals surface area contributed by atoms with Gasteiger partial charge in [-0.25, -0.2) is 4.39 Å². The van der Waals surface area contributed by atoms with Crippen LogP contribution in [0.4, 0.5) is 4.39 Å². The normalized spacial score (nSPS) is 11.4. The molecule has 0 aliphatic carbocycles. The van der Waals surface area contributed by atoms with Crippen molar-refractivity contribution in [1.82, 2.24) is 9.78 Å². The van der Waals surface area contributed by atoms with Gasteiger partial charge in [0.25, 0.3) is 0 Å². The maximum absolute atomic E-state index is 15.3. The summed E-state index contributed by atoms with van der Waals surface area (Å²) in [5.41, 5.74) is 10.1. The summed E-state index contributed by atoms with van der Waals surface area (Å²) in [6, 6.07) is 19.1. The number of halogens is 1. The third kappa shape index (κ3) is 5.98. The van der Waals surface area contributed by atoms with Gasteiger partial charge in [-0.2, -0.15) is 5.10 Å². The second kappa shape index (κ2) is 10.9. The zero-order valence-electron chi connectivity index (χ0n) is 20.0. The summed E-state index contributed by atoms with van der Waals surface area (Å²) in [7, 11) is 1.82. The molecular weight excluding hydrogens is 457 g/mol. The second-order valence-electron chi connectivity index (χ2n) is 8.51. The molecule has 1 atom stereocenters. The first-order valence-corrected chi connectivity index (χ1v) is 11.4. The lowest BCUT2D eigenvalue weighted by atomic mass is 9.96. The molecule has 36 heavy (non-hydrogen) atoms. The van der Waals surface area contributed by atoms with Gasteiger partial charge < -0.3 is 15.6 Å². The number of carboxylic acids is 1. The number of nitrogens with two attached hydrogens (primary N) is 1. The summed E-state index contributed by atoms with van der Waals surface area (Å²) in [4.78, 5) is 11.2. The van der Waals surface area contributed by atoms with Crippen LogP contribution in [0.2, 0.25) is 0 Å². The topological polar surface area (TPSA) is 90.4 Å². The molecule has 1 aromatic heterocycles. The van der Waals surface area contributed by atoms with E-state index in [2.05, 4.69) is 16.9 Å². The van der Waals surface area contributed by atoms with Gasteiger partial charge in [0, 0.05) is 41.5 Å². The summed E-state index contributed by atoms with van der Waals surface area (Å²) in [5, 5.41) is 13.5. The molecule has 0 saturated carbocycles. The van der Waals surface area contributed by atoms with Gasteiger partial charge in [0.15, 0.2) is 0 Å². The molecule has 1 heterocycles. The molecule has 0 aliphatic heterocycles. The van der Waals surface area contributed by atoms with E-state index in [1.807, 2.05) is 37.5 Å². The molecule has 0 aliphatic rings. The van der Waals surface area contributed by atoms with Gasteiger partial charge in [0.2, 0.25) is 0 Å². The fourth-order valence-corrected chi connectivity index (χ4v) is 3.86. The highest BCUT2D eigenvalue weighted by atomic mass is 19.1. The molecule has 0 spiro atoms. The maximum Gasteiger partial charge on any atom is 0.307 e. The summed E-state index contributed by atoms with van der Waals surface area (Å²) >= 11 is 0. The summed E-state index contributed by atoms with van der Waals surface area (Å²) in [6.45, 7) is 1.89. The molecule has 4 aromatic rings. The van der Waals surface area contributed by atoms with E-state index in [9.17, 15) is 9.90 Å². The molecule has 0 amide bonds. The van der Waals surface area contributed by atoms with E-state index in [4.69, 9.17) is 10.5 Å². The summed E-state index contributed by atoms with van der Waals surface area (Å²) in [5.74, 6) is 5.31. The smallest absolute Gasteiger partial charge is 0.307 e. The minimum Gasteiger partial charge on any atom is -0.489 e. The van der Waals surface area contributed by atoms with E-state index in [0.29, 0.717) is 39.3 Å². The average Bonchev–Trinajstić information content (AvgIpc) is 3.27. The molecule has 4 rings (SSSR count). The Morgan fingerprint density at radius 2 is 1.94 bits per heavy atom. The maximum atomic E-state index is 15.3. The SMILES string of the molecule is C[C@@H](N)c1cccc(-c2cc(C#Cc3ccn(C)n3)cc(COc3ccccc3CC(=O)O)c2)c1F. The summed E-state index contributed by atoms with van der Waals surface area (Å²) in [6.07, 6.45) is 1.66. The number of carboxylic acid groups (broad SMARTS) is 1. The van der Waals surface area contributed by atoms with Gasteiger partial charge in [0.1, 0.15) is 23.9 Å². The van der Waals surface area contributed by atoms with Gasteiger partial charge in [-0.15, -0.1) is 0 Å². The number of aromatic nitrogens is 2. The Kier molecular flexibility index (Phi) is 7.47. The Bertz CT molecular complexity index is 1460. The highest BCUT2D eigenvalue weighted by Crippen LogP contribution is 2.30. The van der Waals surface area contributed by atoms with Crippen LogP contribution >= 0.6 is 0 Å². The van der Waals surface area contributed by atoms with Crippen LogP contribution in [0.15, 0.2) is 72.9 Å². The molecule has 182 valence electrons. The van der Waals surface area contributed by atoms with Crippen molar-refractivity contribution in [2.24, 2.45) is 12.8 Å².